The first-order valence-electron chi connectivity index (χ1n) is 11.9. The van der Waals surface area contributed by atoms with Gasteiger partial charge in [0.25, 0.3) is 0 Å². The molecule has 0 radical (unpaired) electrons. The molecule has 1 fully saturated rings. The maximum atomic E-state index is 13.6. The van der Waals surface area contributed by atoms with Crippen molar-refractivity contribution in [2.75, 3.05) is 29.4 Å². The highest BCUT2D eigenvalue weighted by molar-refractivity contribution is 5.83. The molecular weight excluding hydrogens is 451 g/mol. The maximum absolute atomic E-state index is 13.6. The van der Waals surface area contributed by atoms with Gasteiger partial charge in [-0.05, 0) is 54.8 Å². The molecule has 4 nitrogen and oxygen atoms in total. The summed E-state index contributed by atoms with van der Waals surface area (Å²) in [6.07, 6.45) is -4.14. The van der Waals surface area contributed by atoms with Crippen LogP contribution in [0.5, 0.6) is 0 Å². The molecule has 1 amide bonds. The Hall–Kier alpha value is -3.48. The quantitative estimate of drug-likeness (QED) is 0.541. The van der Waals surface area contributed by atoms with Gasteiger partial charge in [0.05, 0.1) is 23.6 Å². The van der Waals surface area contributed by atoms with Crippen molar-refractivity contribution in [2.24, 2.45) is 5.92 Å². The number of halogens is 3. The summed E-state index contributed by atoms with van der Waals surface area (Å²) in [5, 5.41) is 3.12. The first kappa shape index (κ1) is 23.3. The Morgan fingerprint density at radius 1 is 0.971 bits per heavy atom. The van der Waals surface area contributed by atoms with Crippen LogP contribution in [-0.2, 0) is 17.4 Å². The molecule has 1 N–H and O–H groups in total. The van der Waals surface area contributed by atoms with Crippen molar-refractivity contribution in [1.29, 1.82) is 0 Å². The summed E-state index contributed by atoms with van der Waals surface area (Å²) < 4.78 is 40.3. The second kappa shape index (κ2) is 9.29. The van der Waals surface area contributed by atoms with Gasteiger partial charge in [0.15, 0.2) is 0 Å². The Kier molecular flexibility index (Phi) is 6.17. The molecular formula is C28H28F3N3O. The molecule has 1 saturated heterocycles. The summed E-state index contributed by atoms with van der Waals surface area (Å²) in [7, 11) is 0. The van der Waals surface area contributed by atoms with Gasteiger partial charge in [-0.2, -0.15) is 13.2 Å². The molecule has 2 aliphatic rings. The van der Waals surface area contributed by atoms with E-state index < -0.39 is 17.7 Å². The summed E-state index contributed by atoms with van der Waals surface area (Å²) in [6, 6.07) is 23.3. The second-order valence-corrected chi connectivity index (χ2v) is 9.34. The van der Waals surface area contributed by atoms with Gasteiger partial charge < -0.3 is 15.1 Å². The van der Waals surface area contributed by atoms with Gasteiger partial charge in [0, 0.05) is 31.0 Å². The summed E-state index contributed by atoms with van der Waals surface area (Å²) in [5.41, 5.74) is 2.78. The Bertz CT molecular complexity index is 1180. The van der Waals surface area contributed by atoms with Crippen LogP contribution in [0.4, 0.5) is 24.5 Å². The highest BCUT2D eigenvalue weighted by Gasteiger charge is 2.43. The van der Waals surface area contributed by atoms with Crippen LogP contribution in [-0.4, -0.2) is 31.6 Å². The molecule has 2 aliphatic heterocycles. The molecule has 3 aromatic rings. The van der Waals surface area contributed by atoms with Crippen LogP contribution in [0.15, 0.2) is 78.9 Å². The molecule has 3 aromatic carbocycles. The van der Waals surface area contributed by atoms with E-state index in [1.54, 1.807) is 6.07 Å². The maximum Gasteiger partial charge on any atom is 0.416 e. The SMILES string of the molecule is C[C@@H](NC(=O)[C@@H]1Cc2cc(C(F)(F)F)ccc2N2CCN(c3ccccc3)C[C@@H]12)c1ccccc1. The molecule has 3 atom stereocenters. The normalized spacial score (nSPS) is 20.6. The number of para-hydroxylation sites is 1. The molecule has 0 saturated carbocycles. The number of benzene rings is 3. The molecule has 0 spiro atoms. The number of carbonyl (C=O) groups excluding carboxylic acids is 1. The minimum Gasteiger partial charge on any atom is -0.368 e. The minimum atomic E-state index is -4.42. The Morgan fingerprint density at radius 3 is 2.34 bits per heavy atom. The summed E-state index contributed by atoms with van der Waals surface area (Å²) in [6.45, 7) is 3.93. The molecule has 5 rings (SSSR count). The number of nitrogens with one attached hydrogen (secondary N) is 1. The van der Waals surface area contributed by atoms with Crippen LogP contribution >= 0.6 is 0 Å². The van der Waals surface area contributed by atoms with Crippen LogP contribution in [0.3, 0.4) is 0 Å². The molecule has 0 bridgehead atoms. The number of alkyl halides is 3. The molecule has 35 heavy (non-hydrogen) atoms. The van der Waals surface area contributed by atoms with Crippen LogP contribution < -0.4 is 15.1 Å². The van der Waals surface area contributed by atoms with E-state index in [4.69, 9.17) is 0 Å². The Labute approximate surface area is 203 Å². The van der Waals surface area contributed by atoms with Crippen LogP contribution in [0.2, 0.25) is 0 Å². The number of carbonyl (C=O) groups is 1. The average Bonchev–Trinajstić information content (AvgIpc) is 2.88. The highest BCUT2D eigenvalue weighted by Crippen LogP contribution is 2.40. The lowest BCUT2D eigenvalue weighted by Crippen LogP contribution is -2.61. The minimum absolute atomic E-state index is 0.130. The number of hydrogen-bond acceptors (Lipinski definition) is 3. The van der Waals surface area contributed by atoms with Gasteiger partial charge in [0.2, 0.25) is 5.91 Å². The first-order chi connectivity index (χ1) is 16.8. The molecule has 7 heteroatoms. The first-order valence-corrected chi connectivity index (χ1v) is 11.9. The summed E-state index contributed by atoms with van der Waals surface area (Å²) in [4.78, 5) is 18.0. The largest absolute Gasteiger partial charge is 0.416 e. The lowest BCUT2D eigenvalue weighted by Gasteiger charge is -2.50. The topological polar surface area (TPSA) is 35.6 Å². The fourth-order valence-corrected chi connectivity index (χ4v) is 5.32. The van der Waals surface area contributed by atoms with E-state index in [1.165, 1.54) is 6.07 Å². The number of piperazine rings is 1. The van der Waals surface area contributed by atoms with Crippen LogP contribution in [0.1, 0.15) is 29.7 Å². The van der Waals surface area contributed by atoms with E-state index in [2.05, 4.69) is 27.2 Å². The van der Waals surface area contributed by atoms with E-state index in [0.29, 0.717) is 18.7 Å². The predicted octanol–water partition coefficient (Wildman–Crippen LogP) is 5.45. The monoisotopic (exact) mass is 479 g/mol. The Balaban J connectivity index is 1.46. The average molecular weight is 480 g/mol. The molecule has 2 heterocycles. The van der Waals surface area contributed by atoms with Gasteiger partial charge in [-0.25, -0.2) is 0 Å². The van der Waals surface area contributed by atoms with E-state index >= 15 is 0 Å². The zero-order valence-corrected chi connectivity index (χ0v) is 19.5. The van der Waals surface area contributed by atoms with Gasteiger partial charge in [0.1, 0.15) is 0 Å². The van der Waals surface area contributed by atoms with Crippen LogP contribution in [0, 0.1) is 5.92 Å². The number of nitrogens with zero attached hydrogens (tertiary/aromatic N) is 2. The summed E-state index contributed by atoms with van der Waals surface area (Å²) >= 11 is 0. The lowest BCUT2D eigenvalue weighted by molar-refractivity contribution is -0.137. The predicted molar refractivity (Wildman–Crippen MR) is 131 cm³/mol. The number of anilines is 2. The fraction of sp³-hybridized carbons (Fsp3) is 0.321. The zero-order valence-electron chi connectivity index (χ0n) is 19.5. The standard InChI is InChI=1S/C28H28F3N3O/c1-19(20-8-4-2-5-9-20)32-27(35)24-17-21-16-22(28(29,30)31)12-13-25(21)34-15-14-33(18-26(24)34)23-10-6-3-7-11-23/h2-13,16,19,24,26H,14-15,17-18H2,1H3,(H,32,35)/t19-,24-,26+/m1/s1. The van der Waals surface area contributed by atoms with Gasteiger partial charge >= 0.3 is 6.18 Å². The van der Waals surface area contributed by atoms with Crippen molar-refractivity contribution in [3.05, 3.63) is 95.6 Å². The number of rotatable bonds is 4. The smallest absolute Gasteiger partial charge is 0.368 e. The highest BCUT2D eigenvalue weighted by atomic mass is 19.4. The third kappa shape index (κ3) is 4.72. The van der Waals surface area contributed by atoms with E-state index in [0.717, 1.165) is 29.5 Å². The number of hydrogen-bond donors (Lipinski definition) is 1. The van der Waals surface area contributed by atoms with Crippen molar-refractivity contribution < 1.29 is 18.0 Å². The van der Waals surface area contributed by atoms with Gasteiger partial charge in [-0.1, -0.05) is 48.5 Å². The van der Waals surface area contributed by atoms with Crippen molar-refractivity contribution in [1.82, 2.24) is 5.32 Å². The van der Waals surface area contributed by atoms with Crippen molar-refractivity contribution in [3.8, 4) is 0 Å². The summed E-state index contributed by atoms with van der Waals surface area (Å²) in [5.74, 6) is -0.599. The van der Waals surface area contributed by atoms with Crippen molar-refractivity contribution >= 4 is 17.3 Å². The lowest BCUT2D eigenvalue weighted by atomic mass is 9.82. The molecule has 0 aliphatic carbocycles. The molecule has 182 valence electrons. The fourth-order valence-electron chi connectivity index (χ4n) is 5.32. The Morgan fingerprint density at radius 2 is 1.66 bits per heavy atom. The third-order valence-corrected chi connectivity index (χ3v) is 7.16. The van der Waals surface area contributed by atoms with Gasteiger partial charge in [-0.15, -0.1) is 0 Å². The van der Waals surface area contributed by atoms with E-state index in [9.17, 15) is 18.0 Å². The number of fused-ring (bicyclic) bond motifs is 3. The van der Waals surface area contributed by atoms with Crippen molar-refractivity contribution in [3.63, 3.8) is 0 Å². The van der Waals surface area contributed by atoms with Gasteiger partial charge in [-0.3, -0.25) is 4.79 Å². The molecule has 0 aromatic heterocycles. The zero-order chi connectivity index (χ0) is 24.6. The second-order valence-electron chi connectivity index (χ2n) is 9.34. The van der Waals surface area contributed by atoms with E-state index in [1.807, 2.05) is 55.5 Å². The third-order valence-electron chi connectivity index (χ3n) is 7.16. The van der Waals surface area contributed by atoms with Crippen LogP contribution in [0.25, 0.3) is 0 Å². The molecule has 0 unspecified atom stereocenters. The van der Waals surface area contributed by atoms with Crippen molar-refractivity contribution in [2.45, 2.75) is 31.6 Å². The number of amides is 1. The van der Waals surface area contributed by atoms with E-state index in [-0.39, 0.29) is 24.4 Å².